The zero-order valence-corrected chi connectivity index (χ0v) is 15.6. The molecule has 0 bridgehead atoms. The van der Waals surface area contributed by atoms with Gasteiger partial charge in [0.1, 0.15) is 5.60 Å². The lowest BCUT2D eigenvalue weighted by molar-refractivity contribution is -0.0319. The molecule has 0 radical (unpaired) electrons. The van der Waals surface area contributed by atoms with Crippen LogP contribution in [-0.2, 0) is 15.9 Å². The van der Waals surface area contributed by atoms with Gasteiger partial charge in [0.15, 0.2) is 0 Å². The van der Waals surface area contributed by atoms with Crippen LogP contribution in [0.3, 0.4) is 0 Å². The highest BCUT2D eigenvalue weighted by atomic mass is 16.6. The molecule has 1 aromatic heterocycles. The zero-order valence-electron chi connectivity index (χ0n) is 15.6. The monoisotopic (exact) mass is 354 g/mol. The second-order valence-corrected chi connectivity index (χ2v) is 7.52. The van der Waals surface area contributed by atoms with E-state index in [9.17, 15) is 4.79 Å². The molecule has 1 saturated heterocycles. The smallest absolute Gasteiger partial charge is 0.410 e. The Hall–Kier alpha value is -2.40. The summed E-state index contributed by atoms with van der Waals surface area (Å²) in [7, 11) is 0. The number of hydrogen-bond donors (Lipinski definition) is 0. The molecular weight excluding hydrogens is 328 g/mol. The molecular formula is C21H26N2O3. The number of rotatable bonds is 3. The molecule has 1 aliphatic rings. The first-order chi connectivity index (χ1) is 12.4. The molecule has 5 heteroatoms. The summed E-state index contributed by atoms with van der Waals surface area (Å²) in [5.41, 5.74) is 2.66. The number of amides is 1. The molecule has 1 fully saturated rings. The van der Waals surface area contributed by atoms with Crippen molar-refractivity contribution in [3.8, 4) is 11.3 Å². The van der Waals surface area contributed by atoms with E-state index in [-0.39, 0.29) is 12.1 Å². The normalized spacial score (nSPS) is 17.8. The first-order valence-corrected chi connectivity index (χ1v) is 9.00. The van der Waals surface area contributed by atoms with Crippen LogP contribution in [0.1, 0.15) is 26.3 Å². The number of benzene rings is 1. The van der Waals surface area contributed by atoms with Crippen molar-refractivity contribution in [1.82, 2.24) is 9.88 Å². The number of carbonyl (C=O) groups excluding carboxylic acids is 1. The highest BCUT2D eigenvalue weighted by Crippen LogP contribution is 2.21. The molecule has 3 rings (SSSR count). The molecule has 1 aromatic carbocycles. The topological polar surface area (TPSA) is 51.7 Å². The summed E-state index contributed by atoms with van der Waals surface area (Å²) in [4.78, 5) is 18.7. The maximum atomic E-state index is 12.5. The van der Waals surface area contributed by atoms with Gasteiger partial charge < -0.3 is 14.4 Å². The third-order valence-electron chi connectivity index (χ3n) is 4.21. The van der Waals surface area contributed by atoms with Crippen LogP contribution in [0.4, 0.5) is 4.79 Å². The van der Waals surface area contributed by atoms with Crippen LogP contribution in [0.25, 0.3) is 11.3 Å². The summed E-state index contributed by atoms with van der Waals surface area (Å²) >= 11 is 0. The molecule has 0 saturated carbocycles. The molecule has 2 heterocycles. The van der Waals surface area contributed by atoms with E-state index in [4.69, 9.17) is 9.47 Å². The van der Waals surface area contributed by atoms with Crippen LogP contribution in [-0.4, -0.2) is 47.4 Å². The molecule has 138 valence electrons. The minimum Gasteiger partial charge on any atom is -0.444 e. The van der Waals surface area contributed by atoms with Crippen LogP contribution < -0.4 is 0 Å². The summed E-state index contributed by atoms with van der Waals surface area (Å²) < 4.78 is 11.2. The fourth-order valence-electron chi connectivity index (χ4n) is 3.05. The number of aromatic nitrogens is 1. The van der Waals surface area contributed by atoms with Gasteiger partial charge in [0, 0.05) is 18.3 Å². The molecule has 26 heavy (non-hydrogen) atoms. The van der Waals surface area contributed by atoms with Crippen molar-refractivity contribution in [1.29, 1.82) is 0 Å². The quantitative estimate of drug-likeness (QED) is 0.838. The Labute approximate surface area is 155 Å². The Morgan fingerprint density at radius 1 is 1.27 bits per heavy atom. The van der Waals surface area contributed by atoms with Gasteiger partial charge >= 0.3 is 6.09 Å². The van der Waals surface area contributed by atoms with E-state index >= 15 is 0 Å². The van der Waals surface area contributed by atoms with Crippen molar-refractivity contribution >= 4 is 6.09 Å². The number of pyridine rings is 1. The predicted molar refractivity (Wildman–Crippen MR) is 101 cm³/mol. The average molecular weight is 354 g/mol. The summed E-state index contributed by atoms with van der Waals surface area (Å²) in [6.07, 6.45) is 2.24. The van der Waals surface area contributed by atoms with Crippen LogP contribution in [0.5, 0.6) is 0 Å². The van der Waals surface area contributed by atoms with Gasteiger partial charge in [-0.3, -0.25) is 4.98 Å². The highest BCUT2D eigenvalue weighted by molar-refractivity contribution is 5.69. The number of morpholine rings is 1. The molecule has 5 nitrogen and oxygen atoms in total. The van der Waals surface area contributed by atoms with Crippen molar-refractivity contribution in [2.45, 2.75) is 38.8 Å². The van der Waals surface area contributed by atoms with Gasteiger partial charge in [-0.1, -0.05) is 24.3 Å². The molecule has 0 aliphatic carbocycles. The average Bonchev–Trinajstić information content (AvgIpc) is 2.62. The van der Waals surface area contributed by atoms with E-state index in [1.807, 2.05) is 45.0 Å². The van der Waals surface area contributed by atoms with Gasteiger partial charge in [-0.15, -0.1) is 0 Å². The SMILES string of the molecule is CC(C)(C)OC(=O)N1CCOC[C@H]1Cc1cccc(-c2ccccn2)c1. The molecule has 0 unspecified atom stereocenters. The summed E-state index contributed by atoms with van der Waals surface area (Å²) in [5, 5.41) is 0. The second-order valence-electron chi connectivity index (χ2n) is 7.52. The van der Waals surface area contributed by atoms with Crippen molar-refractivity contribution in [2.24, 2.45) is 0 Å². The van der Waals surface area contributed by atoms with Crippen LogP contribution in [0.2, 0.25) is 0 Å². The Morgan fingerprint density at radius 2 is 2.12 bits per heavy atom. The Kier molecular flexibility index (Phi) is 5.57. The lowest BCUT2D eigenvalue weighted by Gasteiger charge is -2.36. The second kappa shape index (κ2) is 7.87. The molecule has 1 amide bonds. The number of hydrogen-bond acceptors (Lipinski definition) is 4. The number of nitrogens with zero attached hydrogens (tertiary/aromatic N) is 2. The van der Waals surface area contributed by atoms with Gasteiger partial charge in [-0.05, 0) is 51.0 Å². The van der Waals surface area contributed by atoms with E-state index in [2.05, 4.69) is 23.2 Å². The number of ether oxygens (including phenoxy) is 2. The summed E-state index contributed by atoms with van der Waals surface area (Å²) in [6, 6.07) is 14.1. The van der Waals surface area contributed by atoms with Gasteiger partial charge in [0.2, 0.25) is 0 Å². The highest BCUT2D eigenvalue weighted by Gasteiger charge is 2.31. The maximum absolute atomic E-state index is 12.5. The first kappa shape index (κ1) is 18.4. The molecule has 1 aliphatic heterocycles. The predicted octanol–water partition coefficient (Wildman–Crippen LogP) is 3.93. The lowest BCUT2D eigenvalue weighted by Crippen LogP contribution is -2.51. The van der Waals surface area contributed by atoms with Gasteiger partial charge in [-0.2, -0.15) is 0 Å². The zero-order chi connectivity index (χ0) is 18.6. The molecule has 1 atom stereocenters. The Bertz CT molecular complexity index is 740. The van der Waals surface area contributed by atoms with E-state index < -0.39 is 5.60 Å². The van der Waals surface area contributed by atoms with Gasteiger partial charge in [-0.25, -0.2) is 4.79 Å². The van der Waals surface area contributed by atoms with E-state index in [1.54, 1.807) is 11.1 Å². The van der Waals surface area contributed by atoms with Crippen molar-refractivity contribution in [2.75, 3.05) is 19.8 Å². The minimum absolute atomic E-state index is 0.0300. The van der Waals surface area contributed by atoms with Crippen molar-refractivity contribution in [3.63, 3.8) is 0 Å². The van der Waals surface area contributed by atoms with Gasteiger partial charge in [0.25, 0.3) is 0 Å². The third kappa shape index (κ3) is 4.82. The minimum atomic E-state index is -0.501. The third-order valence-corrected chi connectivity index (χ3v) is 4.21. The fourth-order valence-corrected chi connectivity index (χ4v) is 3.05. The molecule has 0 spiro atoms. The summed E-state index contributed by atoms with van der Waals surface area (Å²) in [5.74, 6) is 0. The standard InChI is InChI=1S/C21H26N2O3/c1-21(2,3)26-20(24)23-11-12-25-15-18(23)14-16-7-6-8-17(13-16)19-9-4-5-10-22-19/h4-10,13,18H,11-12,14-15H2,1-3H3/t18-/m1/s1. The largest absolute Gasteiger partial charge is 0.444 e. The van der Waals surface area contributed by atoms with Crippen molar-refractivity contribution in [3.05, 3.63) is 54.2 Å². The van der Waals surface area contributed by atoms with Crippen LogP contribution in [0.15, 0.2) is 48.7 Å². The fraction of sp³-hybridized carbons (Fsp3) is 0.429. The summed E-state index contributed by atoms with van der Waals surface area (Å²) in [6.45, 7) is 7.28. The van der Waals surface area contributed by atoms with E-state index in [0.717, 1.165) is 23.2 Å². The van der Waals surface area contributed by atoms with E-state index in [0.29, 0.717) is 19.8 Å². The molecule has 2 aromatic rings. The maximum Gasteiger partial charge on any atom is 0.410 e. The Balaban J connectivity index is 1.75. The van der Waals surface area contributed by atoms with Crippen LogP contribution >= 0.6 is 0 Å². The first-order valence-electron chi connectivity index (χ1n) is 9.00. The lowest BCUT2D eigenvalue weighted by atomic mass is 10.0. The van der Waals surface area contributed by atoms with Crippen molar-refractivity contribution < 1.29 is 14.3 Å². The Morgan fingerprint density at radius 3 is 2.85 bits per heavy atom. The number of carbonyl (C=O) groups is 1. The van der Waals surface area contributed by atoms with Gasteiger partial charge in [0.05, 0.1) is 24.9 Å². The molecule has 0 N–H and O–H groups in total. The van der Waals surface area contributed by atoms with E-state index in [1.165, 1.54) is 0 Å². The van der Waals surface area contributed by atoms with Crippen LogP contribution in [0, 0.1) is 0 Å².